The van der Waals surface area contributed by atoms with Crippen LogP contribution in [0.15, 0.2) is 29.3 Å². The highest BCUT2D eigenvalue weighted by molar-refractivity contribution is 5.94. The first-order chi connectivity index (χ1) is 15.4. The summed E-state index contributed by atoms with van der Waals surface area (Å²) >= 11 is 0. The van der Waals surface area contributed by atoms with Crippen LogP contribution in [0.2, 0.25) is 0 Å². The van der Waals surface area contributed by atoms with Crippen molar-refractivity contribution in [1.29, 1.82) is 0 Å². The van der Waals surface area contributed by atoms with Crippen molar-refractivity contribution in [2.24, 2.45) is 10.4 Å². The molecule has 0 radical (unpaired) electrons. The summed E-state index contributed by atoms with van der Waals surface area (Å²) < 4.78 is 0. The van der Waals surface area contributed by atoms with Gasteiger partial charge in [0.25, 0.3) is 5.91 Å². The topological polar surface area (TPSA) is 77.0 Å². The maximum Gasteiger partial charge on any atom is 0.253 e. The number of aliphatic imine (C=N–C) groups is 1. The molecule has 176 valence electrons. The van der Waals surface area contributed by atoms with Gasteiger partial charge in [0.1, 0.15) is 0 Å². The number of piperidine rings is 1. The van der Waals surface area contributed by atoms with Gasteiger partial charge in [0.2, 0.25) is 5.91 Å². The van der Waals surface area contributed by atoms with Crippen LogP contribution in [0.3, 0.4) is 0 Å². The fourth-order valence-electron chi connectivity index (χ4n) is 4.79. The summed E-state index contributed by atoms with van der Waals surface area (Å²) in [6.07, 6.45) is 7.44. The first kappa shape index (κ1) is 24.1. The molecule has 0 aromatic heterocycles. The molecule has 2 amide bonds. The van der Waals surface area contributed by atoms with E-state index >= 15 is 0 Å². The number of benzene rings is 1. The average Bonchev–Trinajstić information content (AvgIpc) is 3.31. The van der Waals surface area contributed by atoms with Gasteiger partial charge in [0.15, 0.2) is 5.96 Å². The predicted octanol–water partition coefficient (Wildman–Crippen LogP) is 3.02. The second kappa shape index (κ2) is 11.3. The molecule has 1 aliphatic carbocycles. The SMILES string of the molecule is CCNC(=NCc1ccc(C(=O)N2CCCCC2)cc1)NCC1(C(=O)N(C)C)CCCC1. The number of carbonyl (C=O) groups excluding carboxylic acids is 2. The van der Waals surface area contributed by atoms with Crippen LogP contribution in [0.4, 0.5) is 0 Å². The quantitative estimate of drug-likeness (QED) is 0.504. The number of hydrogen-bond acceptors (Lipinski definition) is 3. The number of guanidine groups is 1. The van der Waals surface area contributed by atoms with Crippen molar-refractivity contribution in [2.45, 2.75) is 58.4 Å². The normalized spacial score (nSPS) is 18.3. The molecule has 1 aliphatic heterocycles. The van der Waals surface area contributed by atoms with Crippen LogP contribution >= 0.6 is 0 Å². The third-order valence-electron chi connectivity index (χ3n) is 6.62. The van der Waals surface area contributed by atoms with E-state index in [1.807, 2.05) is 50.2 Å². The average molecular weight is 442 g/mol. The van der Waals surface area contributed by atoms with Crippen LogP contribution < -0.4 is 10.6 Å². The van der Waals surface area contributed by atoms with Crippen molar-refractivity contribution >= 4 is 17.8 Å². The molecule has 7 heteroatoms. The van der Waals surface area contributed by atoms with Crippen molar-refractivity contribution in [1.82, 2.24) is 20.4 Å². The smallest absolute Gasteiger partial charge is 0.253 e. The van der Waals surface area contributed by atoms with Crippen LogP contribution in [0.25, 0.3) is 0 Å². The molecule has 1 aromatic rings. The fourth-order valence-corrected chi connectivity index (χ4v) is 4.79. The predicted molar refractivity (Wildman–Crippen MR) is 129 cm³/mol. The Kier molecular flexibility index (Phi) is 8.53. The minimum atomic E-state index is -0.337. The molecule has 7 nitrogen and oxygen atoms in total. The first-order valence-electron chi connectivity index (χ1n) is 12.1. The summed E-state index contributed by atoms with van der Waals surface area (Å²) in [6.45, 7) is 5.63. The van der Waals surface area contributed by atoms with E-state index in [2.05, 4.69) is 10.6 Å². The van der Waals surface area contributed by atoms with Crippen LogP contribution in [-0.2, 0) is 11.3 Å². The molecule has 1 heterocycles. The minimum Gasteiger partial charge on any atom is -0.357 e. The summed E-state index contributed by atoms with van der Waals surface area (Å²) in [5.41, 5.74) is 1.46. The number of hydrogen-bond donors (Lipinski definition) is 2. The number of likely N-dealkylation sites (tertiary alicyclic amines) is 1. The van der Waals surface area contributed by atoms with Crippen LogP contribution in [-0.4, -0.2) is 67.8 Å². The monoisotopic (exact) mass is 441 g/mol. The Bertz CT molecular complexity index is 791. The second-order valence-electron chi connectivity index (χ2n) is 9.29. The summed E-state index contributed by atoms with van der Waals surface area (Å²) in [4.78, 5) is 33.9. The van der Waals surface area contributed by atoms with Gasteiger partial charge in [-0.15, -0.1) is 0 Å². The van der Waals surface area contributed by atoms with E-state index in [-0.39, 0.29) is 17.2 Å². The lowest BCUT2D eigenvalue weighted by Crippen LogP contribution is -2.49. The maximum absolute atomic E-state index is 12.8. The van der Waals surface area contributed by atoms with Crippen molar-refractivity contribution in [3.63, 3.8) is 0 Å². The molecule has 0 unspecified atom stereocenters. The molecule has 0 atom stereocenters. The number of nitrogens with zero attached hydrogens (tertiary/aromatic N) is 3. The molecule has 3 rings (SSSR count). The molecule has 32 heavy (non-hydrogen) atoms. The van der Waals surface area contributed by atoms with E-state index in [0.29, 0.717) is 13.1 Å². The molecule has 1 aromatic carbocycles. The number of amides is 2. The summed E-state index contributed by atoms with van der Waals surface area (Å²) in [5.74, 6) is 1.05. The third kappa shape index (κ3) is 6.02. The first-order valence-corrected chi connectivity index (χ1v) is 12.1. The third-order valence-corrected chi connectivity index (χ3v) is 6.62. The fraction of sp³-hybridized carbons (Fsp3) is 0.640. The summed E-state index contributed by atoms with van der Waals surface area (Å²) in [7, 11) is 3.67. The minimum absolute atomic E-state index is 0.127. The molecule has 1 saturated heterocycles. The second-order valence-corrected chi connectivity index (χ2v) is 9.29. The molecular weight excluding hydrogens is 402 g/mol. The van der Waals surface area contributed by atoms with Crippen LogP contribution in [0.5, 0.6) is 0 Å². The molecule has 2 fully saturated rings. The van der Waals surface area contributed by atoms with E-state index in [4.69, 9.17) is 4.99 Å². The highest BCUT2D eigenvalue weighted by Crippen LogP contribution is 2.38. The van der Waals surface area contributed by atoms with Gasteiger partial charge in [0, 0.05) is 45.8 Å². The Labute approximate surface area is 192 Å². The number of nitrogens with one attached hydrogen (secondary N) is 2. The lowest BCUT2D eigenvalue weighted by molar-refractivity contribution is -0.138. The van der Waals surface area contributed by atoms with E-state index in [0.717, 1.165) is 75.2 Å². The van der Waals surface area contributed by atoms with Gasteiger partial charge in [-0.3, -0.25) is 9.59 Å². The van der Waals surface area contributed by atoms with Gasteiger partial charge in [0.05, 0.1) is 12.0 Å². The Balaban J connectivity index is 1.60. The van der Waals surface area contributed by atoms with E-state index in [1.54, 1.807) is 4.90 Å². The van der Waals surface area contributed by atoms with Crippen LogP contribution in [0.1, 0.15) is 67.8 Å². The van der Waals surface area contributed by atoms with E-state index in [1.165, 1.54) is 6.42 Å². The van der Waals surface area contributed by atoms with Gasteiger partial charge in [-0.1, -0.05) is 25.0 Å². The Morgan fingerprint density at radius 1 is 1.00 bits per heavy atom. The van der Waals surface area contributed by atoms with Crippen molar-refractivity contribution < 1.29 is 9.59 Å². The van der Waals surface area contributed by atoms with Crippen molar-refractivity contribution in [3.8, 4) is 0 Å². The molecule has 2 aliphatic rings. The van der Waals surface area contributed by atoms with E-state index in [9.17, 15) is 9.59 Å². The van der Waals surface area contributed by atoms with Crippen molar-refractivity contribution in [2.75, 3.05) is 40.3 Å². The lowest BCUT2D eigenvalue weighted by Gasteiger charge is -2.31. The lowest BCUT2D eigenvalue weighted by atomic mass is 9.84. The summed E-state index contributed by atoms with van der Waals surface area (Å²) in [5, 5.41) is 6.70. The van der Waals surface area contributed by atoms with Crippen LogP contribution in [0, 0.1) is 5.41 Å². The maximum atomic E-state index is 12.8. The molecule has 1 saturated carbocycles. The Morgan fingerprint density at radius 3 is 2.25 bits per heavy atom. The molecule has 0 bridgehead atoms. The molecule has 0 spiro atoms. The summed E-state index contributed by atoms with van der Waals surface area (Å²) in [6, 6.07) is 7.79. The van der Waals surface area contributed by atoms with Gasteiger partial charge in [-0.25, -0.2) is 4.99 Å². The largest absolute Gasteiger partial charge is 0.357 e. The highest BCUT2D eigenvalue weighted by Gasteiger charge is 2.42. The van der Waals surface area contributed by atoms with Gasteiger partial charge in [-0.2, -0.15) is 0 Å². The Morgan fingerprint density at radius 2 is 1.66 bits per heavy atom. The zero-order valence-electron chi connectivity index (χ0n) is 20.0. The number of rotatable bonds is 7. The van der Waals surface area contributed by atoms with Gasteiger partial charge in [-0.05, 0) is 56.7 Å². The van der Waals surface area contributed by atoms with Gasteiger partial charge < -0.3 is 20.4 Å². The van der Waals surface area contributed by atoms with Crippen molar-refractivity contribution in [3.05, 3.63) is 35.4 Å². The highest BCUT2D eigenvalue weighted by atomic mass is 16.2. The van der Waals surface area contributed by atoms with Gasteiger partial charge >= 0.3 is 0 Å². The Hall–Kier alpha value is -2.57. The van der Waals surface area contributed by atoms with E-state index < -0.39 is 0 Å². The zero-order chi connectivity index (χ0) is 23.0. The standard InChI is InChI=1S/C25H39N5O2/c1-4-26-24(28-19-25(14-6-7-15-25)23(32)29(2)3)27-18-20-10-12-21(13-11-20)22(31)30-16-8-5-9-17-30/h10-13H,4-9,14-19H2,1-3H3,(H2,26,27,28). The molecule has 2 N–H and O–H groups in total. The molecular formula is C25H39N5O2. The number of carbonyl (C=O) groups is 2. The zero-order valence-corrected chi connectivity index (χ0v) is 20.0.